The van der Waals surface area contributed by atoms with Crippen molar-refractivity contribution in [3.05, 3.63) is 0 Å². The molecule has 62 valence electrons. The summed E-state index contributed by atoms with van der Waals surface area (Å²) in [6.07, 6.45) is -5.37. The first-order valence-electron chi connectivity index (χ1n) is 2.33. The molecular formula is C3H6F3NO2S. The van der Waals surface area contributed by atoms with Crippen molar-refractivity contribution in [2.75, 3.05) is 6.54 Å². The monoisotopic (exact) mass is 177 g/mol. The van der Waals surface area contributed by atoms with Gasteiger partial charge in [-0.2, -0.15) is 13.2 Å². The van der Waals surface area contributed by atoms with Crippen molar-refractivity contribution < 1.29 is 21.9 Å². The summed E-state index contributed by atoms with van der Waals surface area (Å²) < 4.78 is 53.2. The molecule has 0 aromatic carbocycles. The van der Waals surface area contributed by atoms with Gasteiger partial charge in [0, 0.05) is 6.54 Å². The SMILES string of the molecule is O=S(O)NCCC(F)(F)F. The summed E-state index contributed by atoms with van der Waals surface area (Å²) in [5.74, 6) is 0. The molecule has 0 aliphatic heterocycles. The van der Waals surface area contributed by atoms with Crippen LogP contribution in [0, 0.1) is 0 Å². The lowest BCUT2D eigenvalue weighted by molar-refractivity contribution is -0.132. The zero-order valence-electron chi connectivity index (χ0n) is 4.81. The largest absolute Gasteiger partial charge is 0.390 e. The van der Waals surface area contributed by atoms with Gasteiger partial charge in [0.25, 0.3) is 0 Å². The number of rotatable bonds is 3. The van der Waals surface area contributed by atoms with Crippen LogP contribution >= 0.6 is 0 Å². The van der Waals surface area contributed by atoms with Gasteiger partial charge in [0.05, 0.1) is 6.42 Å². The summed E-state index contributed by atoms with van der Waals surface area (Å²) >= 11 is -2.35. The minimum absolute atomic E-state index is 0.535. The molecular weight excluding hydrogens is 171 g/mol. The Hall–Kier alpha value is -0.140. The number of hydrogen-bond donors (Lipinski definition) is 2. The second-order valence-electron chi connectivity index (χ2n) is 1.51. The fourth-order valence-corrected chi connectivity index (χ4v) is 0.557. The molecule has 0 saturated heterocycles. The first kappa shape index (κ1) is 9.86. The molecule has 0 amide bonds. The Morgan fingerprint density at radius 3 is 2.30 bits per heavy atom. The minimum atomic E-state index is -4.27. The van der Waals surface area contributed by atoms with Crippen LogP contribution in [0.2, 0.25) is 0 Å². The van der Waals surface area contributed by atoms with Crippen LogP contribution in [0.5, 0.6) is 0 Å². The number of alkyl halides is 3. The molecule has 3 nitrogen and oxygen atoms in total. The van der Waals surface area contributed by atoms with E-state index in [2.05, 4.69) is 0 Å². The molecule has 0 aliphatic rings. The van der Waals surface area contributed by atoms with Gasteiger partial charge in [-0.25, -0.2) is 8.93 Å². The molecule has 0 radical (unpaired) electrons. The van der Waals surface area contributed by atoms with Crippen molar-refractivity contribution in [3.63, 3.8) is 0 Å². The van der Waals surface area contributed by atoms with E-state index >= 15 is 0 Å². The van der Waals surface area contributed by atoms with Crippen LogP contribution in [0.15, 0.2) is 0 Å². The van der Waals surface area contributed by atoms with Crippen LogP contribution in [0.25, 0.3) is 0 Å². The third kappa shape index (κ3) is 7.86. The number of hydrogen-bond acceptors (Lipinski definition) is 1. The topological polar surface area (TPSA) is 49.3 Å². The van der Waals surface area contributed by atoms with Gasteiger partial charge < -0.3 is 0 Å². The minimum Gasteiger partial charge on any atom is -0.294 e. The summed E-state index contributed by atoms with van der Waals surface area (Å²) in [7, 11) is 0. The van der Waals surface area contributed by atoms with Crippen molar-refractivity contribution in [2.24, 2.45) is 0 Å². The lowest BCUT2D eigenvalue weighted by Crippen LogP contribution is -2.22. The van der Waals surface area contributed by atoms with Gasteiger partial charge in [0.1, 0.15) is 0 Å². The molecule has 10 heavy (non-hydrogen) atoms. The Labute approximate surface area is 58.0 Å². The van der Waals surface area contributed by atoms with Gasteiger partial charge in [0.15, 0.2) is 0 Å². The maximum Gasteiger partial charge on any atom is 0.390 e. The smallest absolute Gasteiger partial charge is 0.294 e. The third-order valence-corrected chi connectivity index (χ3v) is 1.09. The summed E-state index contributed by atoms with van der Waals surface area (Å²) in [5, 5.41) is 0. The van der Waals surface area contributed by atoms with E-state index in [-0.39, 0.29) is 0 Å². The highest BCUT2D eigenvalue weighted by Gasteiger charge is 2.26. The van der Waals surface area contributed by atoms with E-state index < -0.39 is 30.4 Å². The van der Waals surface area contributed by atoms with Gasteiger partial charge in [-0.1, -0.05) is 0 Å². The molecule has 0 aromatic heterocycles. The summed E-state index contributed by atoms with van der Waals surface area (Å²) in [4.78, 5) is 0. The van der Waals surface area contributed by atoms with E-state index in [4.69, 9.17) is 4.55 Å². The molecule has 2 N–H and O–H groups in total. The zero-order chi connectivity index (χ0) is 8.20. The van der Waals surface area contributed by atoms with Gasteiger partial charge in [-0.3, -0.25) is 4.55 Å². The first-order valence-corrected chi connectivity index (χ1v) is 3.43. The van der Waals surface area contributed by atoms with Gasteiger partial charge in [-0.15, -0.1) is 0 Å². The second kappa shape index (κ2) is 3.89. The Morgan fingerprint density at radius 1 is 1.50 bits per heavy atom. The van der Waals surface area contributed by atoms with Crippen molar-refractivity contribution in [3.8, 4) is 0 Å². The lowest BCUT2D eigenvalue weighted by atomic mass is 10.4. The van der Waals surface area contributed by atoms with Crippen molar-refractivity contribution >= 4 is 11.3 Å². The summed E-state index contributed by atoms with van der Waals surface area (Å²) in [6.45, 7) is -0.535. The van der Waals surface area contributed by atoms with Crippen LogP contribution in [0.4, 0.5) is 13.2 Å². The van der Waals surface area contributed by atoms with E-state index in [9.17, 15) is 17.4 Å². The molecule has 7 heteroatoms. The standard InChI is InChI=1S/C3H6F3NO2S/c4-3(5,6)1-2-7-10(8)9/h7H,1-2H2,(H,8,9). The van der Waals surface area contributed by atoms with Gasteiger partial charge in [0.2, 0.25) is 11.3 Å². The predicted octanol–water partition coefficient (Wildman–Crippen LogP) is 0.665. The molecule has 1 unspecified atom stereocenters. The summed E-state index contributed by atoms with van der Waals surface area (Å²) in [5.41, 5.74) is 0. The molecule has 1 atom stereocenters. The average molecular weight is 177 g/mol. The molecule has 0 heterocycles. The number of halogens is 3. The highest BCUT2D eigenvalue weighted by molar-refractivity contribution is 7.77. The van der Waals surface area contributed by atoms with Crippen LogP contribution < -0.4 is 4.72 Å². The second-order valence-corrected chi connectivity index (χ2v) is 2.30. The van der Waals surface area contributed by atoms with E-state index in [0.29, 0.717) is 0 Å². The van der Waals surface area contributed by atoms with E-state index in [1.165, 1.54) is 0 Å². The summed E-state index contributed by atoms with van der Waals surface area (Å²) in [6, 6.07) is 0. The number of nitrogens with one attached hydrogen (secondary N) is 1. The van der Waals surface area contributed by atoms with Crippen molar-refractivity contribution in [1.29, 1.82) is 0 Å². The quantitative estimate of drug-likeness (QED) is 0.622. The van der Waals surface area contributed by atoms with E-state index in [1.807, 2.05) is 0 Å². The van der Waals surface area contributed by atoms with Crippen LogP contribution in [0.3, 0.4) is 0 Å². The van der Waals surface area contributed by atoms with Gasteiger partial charge in [-0.05, 0) is 0 Å². The van der Waals surface area contributed by atoms with Crippen molar-refractivity contribution in [1.82, 2.24) is 4.72 Å². The Morgan fingerprint density at radius 2 is 2.00 bits per heavy atom. The normalized spacial score (nSPS) is 15.2. The van der Waals surface area contributed by atoms with E-state index in [0.717, 1.165) is 0 Å². The molecule has 0 rings (SSSR count). The zero-order valence-corrected chi connectivity index (χ0v) is 5.63. The molecule has 0 bridgehead atoms. The highest BCUT2D eigenvalue weighted by Crippen LogP contribution is 2.17. The third-order valence-electron chi connectivity index (χ3n) is 0.634. The van der Waals surface area contributed by atoms with Crippen molar-refractivity contribution in [2.45, 2.75) is 12.6 Å². The molecule has 0 spiro atoms. The lowest BCUT2D eigenvalue weighted by Gasteiger charge is -2.03. The Kier molecular flexibility index (Phi) is 3.84. The maximum atomic E-state index is 11.3. The highest BCUT2D eigenvalue weighted by atomic mass is 32.2. The molecule has 0 aromatic rings. The van der Waals surface area contributed by atoms with Crippen LogP contribution in [-0.4, -0.2) is 21.5 Å². The molecule has 0 fully saturated rings. The molecule has 0 aliphatic carbocycles. The van der Waals surface area contributed by atoms with Crippen LogP contribution in [-0.2, 0) is 11.3 Å². The fourth-order valence-electron chi connectivity index (χ4n) is 0.280. The Bertz CT molecular complexity index is 125. The Balaban J connectivity index is 3.29. The molecule has 0 saturated carbocycles. The average Bonchev–Trinajstić information content (AvgIpc) is 1.59. The first-order chi connectivity index (χ1) is 4.42. The predicted molar refractivity (Wildman–Crippen MR) is 29.4 cm³/mol. The van der Waals surface area contributed by atoms with Gasteiger partial charge >= 0.3 is 6.18 Å². The maximum absolute atomic E-state index is 11.3. The fraction of sp³-hybridized carbons (Fsp3) is 1.00. The van der Waals surface area contributed by atoms with Crippen LogP contribution in [0.1, 0.15) is 6.42 Å². The van der Waals surface area contributed by atoms with E-state index in [1.54, 1.807) is 4.72 Å².